The van der Waals surface area contributed by atoms with E-state index in [1.165, 1.54) is 4.72 Å². The number of halogens is 6. The van der Waals surface area contributed by atoms with Crippen molar-refractivity contribution >= 4 is 22.0 Å². The first kappa shape index (κ1) is 38.2. The van der Waals surface area contributed by atoms with Crippen LogP contribution < -0.4 is 10.0 Å². The number of alkyl halides is 6. The topological polar surface area (TPSA) is 114 Å². The average Bonchev–Trinajstić information content (AvgIpc) is 3.79. The Morgan fingerprint density at radius 3 is 2.30 bits per heavy atom. The summed E-state index contributed by atoms with van der Waals surface area (Å²) in [5.74, 6) is 0.123. The van der Waals surface area contributed by atoms with E-state index in [1.807, 2.05) is 26.0 Å². The van der Waals surface area contributed by atoms with Crippen LogP contribution in [0.4, 0.5) is 31.1 Å². The molecule has 1 unspecified atom stereocenters. The zero-order valence-corrected chi connectivity index (χ0v) is 29.8. The summed E-state index contributed by atoms with van der Waals surface area (Å²) < 4.78 is 122. The number of urea groups is 1. The van der Waals surface area contributed by atoms with Gasteiger partial charge < -0.3 is 19.7 Å². The molecular formula is C37H37F6N3O6S. The Hall–Kier alpha value is -4.53. The maximum Gasteiger partial charge on any atom is 0.417 e. The number of sulfonamides is 1. The number of carbonyl (C=O) groups is 2. The number of amides is 3. The highest BCUT2D eigenvalue weighted by molar-refractivity contribution is 7.90. The molecule has 1 aliphatic heterocycles. The molecule has 1 saturated carbocycles. The second kappa shape index (κ2) is 14.0. The molecule has 3 atom stereocenters. The fraction of sp³-hybridized carbons (Fsp3) is 0.432. The molecule has 4 aliphatic carbocycles. The van der Waals surface area contributed by atoms with Gasteiger partial charge in [-0.05, 0) is 76.3 Å². The van der Waals surface area contributed by atoms with E-state index in [-0.39, 0.29) is 42.4 Å². The lowest BCUT2D eigenvalue weighted by atomic mass is 9.72. The minimum atomic E-state index is -5.65. The van der Waals surface area contributed by atoms with E-state index in [9.17, 15) is 44.3 Å². The van der Waals surface area contributed by atoms with Gasteiger partial charge >= 0.3 is 18.4 Å². The van der Waals surface area contributed by atoms with Gasteiger partial charge in [-0.2, -0.15) is 26.3 Å². The van der Waals surface area contributed by atoms with Crippen LogP contribution in [0.2, 0.25) is 0 Å². The molecule has 0 aromatic heterocycles. The third-order valence-electron chi connectivity index (χ3n) is 9.88. The number of likely N-dealkylation sites (tertiary alicyclic amines) is 1. The molecule has 9 nitrogen and oxygen atoms in total. The Kier molecular flexibility index (Phi) is 10.1. The number of hydrogen-bond donors (Lipinski definition) is 2. The van der Waals surface area contributed by atoms with Gasteiger partial charge in [-0.15, -0.1) is 5.73 Å². The van der Waals surface area contributed by atoms with Gasteiger partial charge in [-0.1, -0.05) is 30.4 Å². The third kappa shape index (κ3) is 7.49. The molecule has 0 radical (unpaired) electrons. The van der Waals surface area contributed by atoms with Gasteiger partial charge in [0.25, 0.3) is 15.9 Å². The largest absolute Gasteiger partial charge is 0.493 e. The molecule has 0 bridgehead atoms. The Morgan fingerprint density at radius 1 is 1.02 bits per heavy atom. The van der Waals surface area contributed by atoms with Crippen molar-refractivity contribution in [3.05, 3.63) is 105 Å². The van der Waals surface area contributed by atoms with E-state index in [1.54, 1.807) is 30.1 Å². The van der Waals surface area contributed by atoms with Crippen LogP contribution in [0.3, 0.4) is 0 Å². The highest BCUT2D eigenvalue weighted by Gasteiger charge is 2.52. The first-order valence-corrected chi connectivity index (χ1v) is 18.5. The molecule has 284 valence electrons. The van der Waals surface area contributed by atoms with Crippen molar-refractivity contribution in [3.8, 4) is 0 Å². The number of nitrogens with one attached hydrogen (secondary N) is 2. The highest BCUT2D eigenvalue weighted by atomic mass is 32.2. The number of hydrogen-bond acceptors (Lipinski definition) is 6. The first-order valence-electron chi connectivity index (χ1n) is 17.0. The number of rotatable bonds is 10. The molecule has 1 saturated heterocycles. The smallest absolute Gasteiger partial charge is 0.417 e. The monoisotopic (exact) mass is 765 g/mol. The lowest BCUT2D eigenvalue weighted by Crippen LogP contribution is -2.46. The number of benzene rings is 1. The summed E-state index contributed by atoms with van der Waals surface area (Å²) in [6.45, 7) is 6.74. The van der Waals surface area contributed by atoms with Gasteiger partial charge in [0, 0.05) is 41.7 Å². The molecule has 1 aromatic rings. The van der Waals surface area contributed by atoms with Crippen LogP contribution in [0.15, 0.2) is 99.0 Å². The van der Waals surface area contributed by atoms with Crippen LogP contribution in [0.5, 0.6) is 0 Å². The molecule has 1 aromatic carbocycles. The van der Waals surface area contributed by atoms with E-state index in [0.717, 1.165) is 12.0 Å². The Bertz CT molecular complexity index is 2020. The Balaban J connectivity index is 1.22. The number of allylic oxidation sites excluding steroid dienone is 7. The summed E-state index contributed by atoms with van der Waals surface area (Å²) in [4.78, 5) is 26.6. The molecule has 2 fully saturated rings. The zero-order valence-electron chi connectivity index (χ0n) is 29.0. The van der Waals surface area contributed by atoms with Crippen LogP contribution in [0, 0.1) is 11.8 Å². The van der Waals surface area contributed by atoms with E-state index in [4.69, 9.17) is 9.47 Å². The summed E-state index contributed by atoms with van der Waals surface area (Å²) in [5.41, 5.74) is 1.34. The molecule has 0 spiro atoms. The van der Waals surface area contributed by atoms with Crippen molar-refractivity contribution in [3.63, 3.8) is 0 Å². The minimum Gasteiger partial charge on any atom is -0.493 e. The molecule has 53 heavy (non-hydrogen) atoms. The first-order chi connectivity index (χ1) is 24.9. The van der Waals surface area contributed by atoms with Crippen LogP contribution >= 0.6 is 0 Å². The summed E-state index contributed by atoms with van der Waals surface area (Å²) >= 11 is 0. The fourth-order valence-electron chi connectivity index (χ4n) is 7.42. The molecule has 5 aliphatic rings. The van der Waals surface area contributed by atoms with Crippen molar-refractivity contribution in [1.29, 1.82) is 0 Å². The third-order valence-corrected chi connectivity index (χ3v) is 11.3. The van der Waals surface area contributed by atoms with Crippen molar-refractivity contribution in [2.45, 2.75) is 75.3 Å². The second-order valence-corrected chi connectivity index (χ2v) is 15.0. The molecule has 1 heterocycles. The zero-order chi connectivity index (χ0) is 38.5. The summed E-state index contributed by atoms with van der Waals surface area (Å²) in [6.07, 6.45) is 1.51. The van der Waals surface area contributed by atoms with Gasteiger partial charge in [-0.3, -0.25) is 4.79 Å². The molecule has 3 amide bonds. The highest BCUT2D eigenvalue weighted by Crippen LogP contribution is 2.49. The number of nitrogens with zero attached hydrogens (tertiary/aromatic N) is 1. The number of fused-ring (bicyclic) bond motifs is 2. The van der Waals surface area contributed by atoms with Gasteiger partial charge in [0.05, 0.1) is 35.1 Å². The Morgan fingerprint density at radius 2 is 1.70 bits per heavy atom. The minimum absolute atomic E-state index is 0.0228. The average molecular weight is 766 g/mol. The standard InChI is InChI=1S/C37H37F6N3O6S/c1-4-51-30-23-9-6-7-10-24(23)31(52-5-2)29-25(30)20-46(33(29)47)28-16-15-22(14-13-21(28)3)19-35(17-18-35)44-34(48)45-53(49,50)32-26(36(38,39)40)11-8-12-27(32)37(41,42)43/h6-8,10-12,14-16,23,25,30H,4-5,9,17-20H2,1-3H3,(H2,44,45,48)/t23-,25+,30?/m0/s1. The van der Waals surface area contributed by atoms with Crippen molar-refractivity contribution < 1.29 is 53.8 Å². The van der Waals surface area contributed by atoms with Crippen LogP contribution in [-0.2, 0) is 36.6 Å². The summed E-state index contributed by atoms with van der Waals surface area (Å²) in [7, 11) is -5.65. The maximum absolute atomic E-state index is 14.2. The van der Waals surface area contributed by atoms with Crippen LogP contribution in [0.25, 0.3) is 0 Å². The maximum atomic E-state index is 14.2. The van der Waals surface area contributed by atoms with E-state index >= 15 is 0 Å². The molecular weight excluding hydrogens is 728 g/mol. The summed E-state index contributed by atoms with van der Waals surface area (Å²) in [5, 5.41) is 2.44. The molecule has 6 rings (SSSR count). The number of ether oxygens (including phenoxy) is 2. The fourth-order valence-corrected chi connectivity index (χ4v) is 8.77. The van der Waals surface area contributed by atoms with Crippen LogP contribution in [-0.4, -0.2) is 56.7 Å². The predicted octanol–water partition coefficient (Wildman–Crippen LogP) is 7.23. The van der Waals surface area contributed by atoms with Crippen LogP contribution in [0.1, 0.15) is 57.6 Å². The normalized spacial score (nSPS) is 23.7. The van der Waals surface area contributed by atoms with Crippen molar-refractivity contribution in [2.24, 2.45) is 11.8 Å². The van der Waals surface area contributed by atoms with Crippen molar-refractivity contribution in [1.82, 2.24) is 14.9 Å². The van der Waals surface area contributed by atoms with E-state index in [2.05, 4.69) is 17.1 Å². The van der Waals surface area contributed by atoms with Gasteiger partial charge in [0.1, 0.15) is 10.7 Å². The SMILES string of the molecule is CCOC1=C2C(=O)N(C3=CC=C(CC4(NC(=O)NS(=O)(=O)c5c(C(F)(F)F)cccc5C(F)(F)F)CC4)C=C=C3C)C[C@H]2C(OCC)[C@H]2CC=CC=C12. The molecule has 2 N–H and O–H groups in total. The Labute approximate surface area is 302 Å². The van der Waals surface area contributed by atoms with Gasteiger partial charge in [-0.25, -0.2) is 17.9 Å². The number of carbonyl (C=O) groups excluding carboxylic acids is 2. The lowest BCUT2D eigenvalue weighted by Gasteiger charge is -2.39. The van der Waals surface area contributed by atoms with Gasteiger partial charge in [0.2, 0.25) is 0 Å². The molecule has 16 heteroatoms. The summed E-state index contributed by atoms with van der Waals surface area (Å²) in [6, 6.07) is -0.644. The van der Waals surface area contributed by atoms with Gasteiger partial charge in [0.15, 0.2) is 0 Å². The predicted molar refractivity (Wildman–Crippen MR) is 180 cm³/mol. The van der Waals surface area contributed by atoms with Crippen molar-refractivity contribution in [2.75, 3.05) is 19.8 Å². The second-order valence-electron chi connectivity index (χ2n) is 13.4. The lowest BCUT2D eigenvalue weighted by molar-refractivity contribution is -0.147. The van der Waals surface area contributed by atoms with E-state index in [0.29, 0.717) is 66.8 Å². The van der Waals surface area contributed by atoms with E-state index < -0.39 is 50.0 Å². The quantitative estimate of drug-likeness (QED) is 0.192.